The van der Waals surface area contributed by atoms with Crippen molar-refractivity contribution in [2.45, 2.75) is 19.3 Å². The highest BCUT2D eigenvalue weighted by Crippen LogP contribution is 2.09. The molecule has 1 heterocycles. The molecule has 1 aromatic heterocycles. The van der Waals surface area contributed by atoms with E-state index in [1.54, 1.807) is 30.6 Å². The van der Waals surface area contributed by atoms with Crippen LogP contribution in [0, 0.1) is 0 Å². The van der Waals surface area contributed by atoms with E-state index in [2.05, 4.69) is 15.3 Å². The zero-order valence-electron chi connectivity index (χ0n) is 11.5. The van der Waals surface area contributed by atoms with Crippen molar-refractivity contribution in [1.29, 1.82) is 0 Å². The standard InChI is InChI=1S/C15H17N3O3/c19-14(18-7-3-6-13-16-8-9-17-13)10-11-4-1-2-5-12(11)15(20)21/h1-2,4-5,8-9H,3,6-7,10H2,(H,16,17)(H,18,19)(H,20,21). The van der Waals surface area contributed by atoms with Crippen LogP contribution < -0.4 is 5.32 Å². The van der Waals surface area contributed by atoms with E-state index in [-0.39, 0.29) is 17.9 Å². The number of benzene rings is 1. The zero-order chi connectivity index (χ0) is 15.1. The first-order valence-corrected chi connectivity index (χ1v) is 6.73. The summed E-state index contributed by atoms with van der Waals surface area (Å²) in [4.78, 5) is 30.0. The fourth-order valence-electron chi connectivity index (χ4n) is 2.04. The second kappa shape index (κ2) is 7.23. The van der Waals surface area contributed by atoms with Gasteiger partial charge in [-0.15, -0.1) is 0 Å². The number of hydrogen-bond acceptors (Lipinski definition) is 3. The molecule has 2 aromatic rings. The Morgan fingerprint density at radius 3 is 2.81 bits per heavy atom. The Kier molecular flexibility index (Phi) is 5.09. The molecule has 0 atom stereocenters. The number of imidazole rings is 1. The van der Waals surface area contributed by atoms with E-state index in [1.807, 2.05) is 0 Å². The van der Waals surface area contributed by atoms with Crippen LogP contribution in [0.25, 0.3) is 0 Å². The number of aromatic carboxylic acids is 1. The summed E-state index contributed by atoms with van der Waals surface area (Å²) >= 11 is 0. The molecule has 0 aliphatic rings. The van der Waals surface area contributed by atoms with Crippen LogP contribution in [0.1, 0.15) is 28.2 Å². The zero-order valence-corrected chi connectivity index (χ0v) is 11.5. The number of carbonyl (C=O) groups is 2. The van der Waals surface area contributed by atoms with Gasteiger partial charge in [-0.05, 0) is 18.1 Å². The molecule has 1 amide bonds. The van der Waals surface area contributed by atoms with Gasteiger partial charge in [0, 0.05) is 25.4 Å². The van der Waals surface area contributed by atoms with Crippen LogP contribution in [-0.2, 0) is 17.6 Å². The largest absolute Gasteiger partial charge is 0.478 e. The van der Waals surface area contributed by atoms with Gasteiger partial charge in [-0.2, -0.15) is 0 Å². The molecule has 0 fully saturated rings. The second-order valence-electron chi connectivity index (χ2n) is 4.63. The molecule has 0 spiro atoms. The Morgan fingerprint density at radius 1 is 1.29 bits per heavy atom. The predicted octanol–water partition coefficient (Wildman–Crippen LogP) is 1.40. The summed E-state index contributed by atoms with van der Waals surface area (Å²) < 4.78 is 0. The maximum atomic E-state index is 11.8. The molecular weight excluding hydrogens is 270 g/mol. The number of nitrogens with zero attached hydrogens (tertiary/aromatic N) is 1. The fourth-order valence-corrected chi connectivity index (χ4v) is 2.04. The van der Waals surface area contributed by atoms with Crippen LogP contribution in [0.3, 0.4) is 0 Å². The van der Waals surface area contributed by atoms with Crippen LogP contribution in [0.5, 0.6) is 0 Å². The number of aromatic nitrogens is 2. The molecular formula is C15H17N3O3. The van der Waals surface area contributed by atoms with Crippen molar-refractivity contribution >= 4 is 11.9 Å². The molecule has 0 saturated carbocycles. The lowest BCUT2D eigenvalue weighted by atomic mass is 10.0. The number of hydrogen-bond donors (Lipinski definition) is 3. The second-order valence-corrected chi connectivity index (χ2v) is 4.63. The quantitative estimate of drug-likeness (QED) is 0.671. The number of aromatic amines is 1. The molecule has 21 heavy (non-hydrogen) atoms. The van der Waals surface area contributed by atoms with Gasteiger partial charge in [-0.1, -0.05) is 18.2 Å². The average Bonchev–Trinajstić information content (AvgIpc) is 2.97. The number of carbonyl (C=O) groups excluding carboxylic acids is 1. The maximum Gasteiger partial charge on any atom is 0.335 e. The van der Waals surface area contributed by atoms with E-state index in [1.165, 1.54) is 6.07 Å². The highest BCUT2D eigenvalue weighted by Gasteiger charge is 2.12. The lowest BCUT2D eigenvalue weighted by molar-refractivity contribution is -0.120. The van der Waals surface area contributed by atoms with Crippen molar-refractivity contribution in [1.82, 2.24) is 15.3 Å². The van der Waals surface area contributed by atoms with E-state index in [0.717, 1.165) is 18.7 Å². The van der Waals surface area contributed by atoms with Gasteiger partial charge in [0.2, 0.25) is 5.91 Å². The highest BCUT2D eigenvalue weighted by molar-refractivity contribution is 5.91. The SMILES string of the molecule is O=C(Cc1ccccc1C(=O)O)NCCCc1ncc[nH]1. The smallest absolute Gasteiger partial charge is 0.335 e. The average molecular weight is 287 g/mol. The van der Waals surface area contributed by atoms with Crippen molar-refractivity contribution in [2.24, 2.45) is 0 Å². The van der Waals surface area contributed by atoms with E-state index < -0.39 is 5.97 Å². The van der Waals surface area contributed by atoms with Crippen molar-refractivity contribution in [2.75, 3.05) is 6.54 Å². The summed E-state index contributed by atoms with van der Waals surface area (Å²) in [6.45, 7) is 0.536. The van der Waals surface area contributed by atoms with Gasteiger partial charge < -0.3 is 15.4 Å². The number of carboxylic acid groups (broad SMARTS) is 1. The minimum absolute atomic E-state index is 0.0726. The lowest BCUT2D eigenvalue weighted by Gasteiger charge is -2.07. The van der Waals surface area contributed by atoms with Gasteiger partial charge in [0.15, 0.2) is 0 Å². The maximum absolute atomic E-state index is 11.8. The molecule has 2 rings (SSSR count). The molecule has 0 aliphatic heterocycles. The van der Waals surface area contributed by atoms with Crippen molar-refractivity contribution < 1.29 is 14.7 Å². The van der Waals surface area contributed by atoms with Gasteiger partial charge in [0.25, 0.3) is 0 Å². The number of rotatable bonds is 7. The first kappa shape index (κ1) is 14.8. The van der Waals surface area contributed by atoms with Gasteiger partial charge >= 0.3 is 5.97 Å². The first-order valence-electron chi connectivity index (χ1n) is 6.73. The molecule has 1 aromatic carbocycles. The summed E-state index contributed by atoms with van der Waals surface area (Å²) in [5.74, 6) is -0.306. The van der Waals surface area contributed by atoms with Gasteiger partial charge in [0.1, 0.15) is 5.82 Å². The minimum atomic E-state index is -1.02. The molecule has 0 radical (unpaired) electrons. The summed E-state index contributed by atoms with van der Waals surface area (Å²) in [6.07, 6.45) is 5.07. The van der Waals surface area contributed by atoms with Crippen LogP contribution >= 0.6 is 0 Å². The van der Waals surface area contributed by atoms with Crippen molar-refractivity contribution in [3.05, 3.63) is 53.6 Å². The topological polar surface area (TPSA) is 95.1 Å². The Morgan fingerprint density at radius 2 is 2.10 bits per heavy atom. The lowest BCUT2D eigenvalue weighted by Crippen LogP contribution is -2.27. The monoisotopic (exact) mass is 287 g/mol. The van der Waals surface area contributed by atoms with Gasteiger partial charge in [-0.3, -0.25) is 4.79 Å². The fraction of sp³-hybridized carbons (Fsp3) is 0.267. The number of carboxylic acids is 1. The number of aryl methyl sites for hydroxylation is 1. The third-order valence-electron chi connectivity index (χ3n) is 3.07. The highest BCUT2D eigenvalue weighted by atomic mass is 16.4. The number of amides is 1. The molecule has 0 unspecified atom stereocenters. The Labute approximate surface area is 122 Å². The van der Waals surface area contributed by atoms with Crippen LogP contribution in [0.2, 0.25) is 0 Å². The van der Waals surface area contributed by atoms with E-state index >= 15 is 0 Å². The summed E-state index contributed by atoms with van der Waals surface area (Å²) in [7, 11) is 0. The Balaban J connectivity index is 1.78. The van der Waals surface area contributed by atoms with Crippen LogP contribution in [-0.4, -0.2) is 33.5 Å². The van der Waals surface area contributed by atoms with Crippen molar-refractivity contribution in [3.63, 3.8) is 0 Å². The Hall–Kier alpha value is -2.63. The van der Waals surface area contributed by atoms with Crippen LogP contribution in [0.15, 0.2) is 36.7 Å². The molecule has 0 saturated heterocycles. The third-order valence-corrected chi connectivity index (χ3v) is 3.07. The van der Waals surface area contributed by atoms with Crippen LogP contribution in [0.4, 0.5) is 0 Å². The molecule has 3 N–H and O–H groups in total. The summed E-state index contributed by atoms with van der Waals surface area (Å²) in [5.41, 5.74) is 0.691. The van der Waals surface area contributed by atoms with Gasteiger partial charge in [-0.25, -0.2) is 9.78 Å². The van der Waals surface area contributed by atoms with E-state index in [0.29, 0.717) is 12.1 Å². The number of nitrogens with one attached hydrogen (secondary N) is 2. The number of H-pyrrole nitrogens is 1. The van der Waals surface area contributed by atoms with E-state index in [9.17, 15) is 9.59 Å². The molecule has 6 nitrogen and oxygen atoms in total. The molecule has 110 valence electrons. The third kappa shape index (κ3) is 4.45. The van der Waals surface area contributed by atoms with Crippen molar-refractivity contribution in [3.8, 4) is 0 Å². The molecule has 0 bridgehead atoms. The Bertz CT molecular complexity index is 608. The summed E-state index contributed by atoms with van der Waals surface area (Å²) in [5, 5.41) is 11.8. The molecule has 0 aliphatic carbocycles. The normalized spacial score (nSPS) is 10.3. The predicted molar refractivity (Wildman–Crippen MR) is 77.0 cm³/mol. The minimum Gasteiger partial charge on any atom is -0.478 e. The summed E-state index contributed by atoms with van der Waals surface area (Å²) in [6, 6.07) is 6.54. The molecule has 6 heteroatoms. The van der Waals surface area contributed by atoms with E-state index in [4.69, 9.17) is 5.11 Å². The first-order chi connectivity index (χ1) is 10.2. The van der Waals surface area contributed by atoms with Gasteiger partial charge in [0.05, 0.1) is 12.0 Å².